The number of rotatable bonds is 8. The molecule has 0 aromatic heterocycles. The molecule has 0 unspecified atom stereocenters. The molecule has 1 aromatic rings. The van der Waals surface area contributed by atoms with E-state index in [4.69, 9.17) is 21.7 Å². The van der Waals surface area contributed by atoms with Gasteiger partial charge in [-0.1, -0.05) is 6.92 Å². The molecule has 0 heterocycles. The maximum absolute atomic E-state index is 12.0. The molecule has 3 N–H and O–H groups in total. The Balaban J connectivity index is 2.39. The van der Waals surface area contributed by atoms with Crippen LogP contribution in [0.25, 0.3) is 0 Å². The van der Waals surface area contributed by atoms with Crippen molar-refractivity contribution in [2.75, 3.05) is 19.8 Å². The lowest BCUT2D eigenvalue weighted by molar-refractivity contribution is -0.121. The smallest absolute Gasteiger partial charge is 0.257 e. The van der Waals surface area contributed by atoms with Crippen molar-refractivity contribution < 1.29 is 19.1 Å². The predicted octanol–water partition coefficient (Wildman–Crippen LogP) is 1.54. The third kappa shape index (κ3) is 7.89. The number of amides is 2. The molecular weight excluding hydrogens is 330 g/mol. The minimum absolute atomic E-state index is 0.0292. The van der Waals surface area contributed by atoms with E-state index in [1.165, 1.54) is 0 Å². The summed E-state index contributed by atoms with van der Waals surface area (Å²) in [6.07, 6.45) is 1.11. The van der Waals surface area contributed by atoms with Crippen LogP contribution in [0.4, 0.5) is 0 Å². The number of benzene rings is 1. The maximum Gasteiger partial charge on any atom is 0.257 e. The molecule has 0 atom stereocenters. The third-order valence-electron chi connectivity index (χ3n) is 2.84. The molecule has 0 bridgehead atoms. The highest BCUT2D eigenvalue weighted by atomic mass is 32.1. The lowest BCUT2D eigenvalue weighted by Gasteiger charge is -2.11. The van der Waals surface area contributed by atoms with Crippen molar-refractivity contribution >= 4 is 29.1 Å². The average Bonchev–Trinajstić information content (AvgIpc) is 2.58. The van der Waals surface area contributed by atoms with E-state index in [0.717, 1.165) is 6.42 Å². The second-order valence-corrected chi connectivity index (χ2v) is 5.18. The number of carbonyl (C=O) groups excluding carboxylic acids is 2. The van der Waals surface area contributed by atoms with Gasteiger partial charge in [-0.25, -0.2) is 0 Å². The quantitative estimate of drug-likeness (QED) is 0.373. The fraction of sp³-hybridized carbons (Fsp3) is 0.438. The van der Waals surface area contributed by atoms with E-state index in [2.05, 4.69) is 16.2 Å². The van der Waals surface area contributed by atoms with Crippen LogP contribution in [0.15, 0.2) is 24.3 Å². The van der Waals surface area contributed by atoms with Crippen molar-refractivity contribution in [3.8, 4) is 5.75 Å². The molecule has 8 heteroatoms. The van der Waals surface area contributed by atoms with E-state index in [9.17, 15) is 9.59 Å². The number of nitrogens with one attached hydrogen (secondary N) is 3. The number of hydrogen-bond acceptors (Lipinski definition) is 5. The van der Waals surface area contributed by atoms with Gasteiger partial charge in [-0.3, -0.25) is 25.8 Å². The first-order valence-electron chi connectivity index (χ1n) is 7.77. The topological polar surface area (TPSA) is 88.7 Å². The fourth-order valence-corrected chi connectivity index (χ4v) is 1.83. The van der Waals surface area contributed by atoms with Crippen molar-refractivity contribution in [2.24, 2.45) is 0 Å². The molecule has 0 aliphatic rings. The molecule has 0 fully saturated rings. The highest BCUT2D eigenvalue weighted by Gasteiger charge is 2.08. The second-order valence-electron chi connectivity index (χ2n) is 4.78. The second kappa shape index (κ2) is 11.4. The molecule has 132 valence electrons. The standard InChI is InChI=1S/C16H23N3O4S/c1-3-5-14(20)18-19-16(24)17-15(21)12-6-8-13(9-7-12)23-11-10-22-4-2/h6-9H,3-5,10-11H2,1-2H3,(H,18,20)(H2,17,19,21,24). The van der Waals surface area contributed by atoms with Gasteiger partial charge >= 0.3 is 0 Å². The van der Waals surface area contributed by atoms with Crippen LogP contribution in [0.5, 0.6) is 5.75 Å². The highest BCUT2D eigenvalue weighted by molar-refractivity contribution is 7.80. The van der Waals surface area contributed by atoms with Crippen molar-refractivity contribution in [2.45, 2.75) is 26.7 Å². The van der Waals surface area contributed by atoms with Gasteiger partial charge in [0.25, 0.3) is 5.91 Å². The van der Waals surface area contributed by atoms with Gasteiger partial charge in [-0.15, -0.1) is 0 Å². The van der Waals surface area contributed by atoms with Gasteiger partial charge in [0.2, 0.25) is 5.91 Å². The van der Waals surface area contributed by atoms with E-state index in [0.29, 0.717) is 37.6 Å². The van der Waals surface area contributed by atoms with Crippen molar-refractivity contribution in [3.63, 3.8) is 0 Å². The number of thiocarbonyl (C=S) groups is 1. The summed E-state index contributed by atoms with van der Waals surface area (Å²) < 4.78 is 10.6. The van der Waals surface area contributed by atoms with Crippen LogP contribution in [-0.2, 0) is 9.53 Å². The number of ether oxygens (including phenoxy) is 2. The van der Waals surface area contributed by atoms with Crippen LogP contribution in [0.2, 0.25) is 0 Å². The fourth-order valence-electron chi connectivity index (χ4n) is 1.69. The van der Waals surface area contributed by atoms with Gasteiger partial charge in [0, 0.05) is 18.6 Å². The Kier molecular flexibility index (Phi) is 9.40. The van der Waals surface area contributed by atoms with Crippen LogP contribution in [0, 0.1) is 0 Å². The Hall–Kier alpha value is -2.19. The van der Waals surface area contributed by atoms with Crippen LogP contribution < -0.4 is 20.9 Å². The van der Waals surface area contributed by atoms with Crippen molar-refractivity contribution in [1.82, 2.24) is 16.2 Å². The highest BCUT2D eigenvalue weighted by Crippen LogP contribution is 2.12. The normalized spacial score (nSPS) is 9.92. The van der Waals surface area contributed by atoms with Crippen molar-refractivity contribution in [3.05, 3.63) is 29.8 Å². The SMILES string of the molecule is CCCC(=O)NNC(=S)NC(=O)c1ccc(OCCOCC)cc1. The number of carbonyl (C=O) groups is 2. The van der Waals surface area contributed by atoms with Gasteiger partial charge < -0.3 is 9.47 Å². The molecule has 2 amide bonds. The van der Waals surface area contributed by atoms with Crippen LogP contribution in [0.3, 0.4) is 0 Å². The van der Waals surface area contributed by atoms with Gasteiger partial charge in [0.05, 0.1) is 6.61 Å². The molecule has 0 saturated carbocycles. The monoisotopic (exact) mass is 353 g/mol. The molecule has 7 nitrogen and oxygen atoms in total. The molecule has 1 rings (SSSR count). The summed E-state index contributed by atoms with van der Waals surface area (Å²) in [5.74, 6) is 0.0829. The molecule has 24 heavy (non-hydrogen) atoms. The van der Waals surface area contributed by atoms with Crippen LogP contribution >= 0.6 is 12.2 Å². The number of hydrazine groups is 1. The zero-order valence-corrected chi connectivity index (χ0v) is 14.7. The van der Waals surface area contributed by atoms with Crippen LogP contribution in [-0.4, -0.2) is 36.7 Å². The van der Waals surface area contributed by atoms with Crippen LogP contribution in [0.1, 0.15) is 37.0 Å². The van der Waals surface area contributed by atoms with E-state index >= 15 is 0 Å². The first-order chi connectivity index (χ1) is 11.6. The van der Waals surface area contributed by atoms with Gasteiger partial charge in [-0.05, 0) is 49.8 Å². The Morgan fingerprint density at radius 1 is 1.08 bits per heavy atom. The Bertz CT molecular complexity index is 549. The van der Waals surface area contributed by atoms with Gasteiger partial charge in [0.15, 0.2) is 5.11 Å². The first-order valence-corrected chi connectivity index (χ1v) is 8.18. The Morgan fingerprint density at radius 3 is 2.42 bits per heavy atom. The molecular formula is C16H23N3O4S. The van der Waals surface area contributed by atoms with Gasteiger partial charge in [0.1, 0.15) is 12.4 Å². The lowest BCUT2D eigenvalue weighted by atomic mass is 10.2. The predicted molar refractivity (Wildman–Crippen MR) is 94.7 cm³/mol. The molecule has 0 aliphatic carbocycles. The molecule has 0 spiro atoms. The molecule has 1 aromatic carbocycles. The minimum atomic E-state index is -0.377. The molecule has 0 saturated heterocycles. The Morgan fingerprint density at radius 2 is 1.79 bits per heavy atom. The van der Waals surface area contributed by atoms with E-state index in [-0.39, 0.29) is 16.9 Å². The summed E-state index contributed by atoms with van der Waals surface area (Å²) in [4.78, 5) is 23.3. The Labute approximate surface area is 147 Å². The summed E-state index contributed by atoms with van der Waals surface area (Å²) in [5.41, 5.74) is 5.31. The zero-order valence-electron chi connectivity index (χ0n) is 13.9. The van der Waals surface area contributed by atoms with E-state index in [1.807, 2.05) is 13.8 Å². The lowest BCUT2D eigenvalue weighted by Crippen LogP contribution is -2.48. The molecule has 0 aliphatic heterocycles. The van der Waals surface area contributed by atoms with E-state index < -0.39 is 0 Å². The first kappa shape index (κ1) is 19.9. The minimum Gasteiger partial charge on any atom is -0.491 e. The summed E-state index contributed by atoms with van der Waals surface area (Å²) in [6, 6.07) is 6.65. The molecule has 0 radical (unpaired) electrons. The third-order valence-corrected chi connectivity index (χ3v) is 3.04. The summed E-state index contributed by atoms with van der Waals surface area (Å²) in [6.45, 7) is 5.43. The average molecular weight is 353 g/mol. The number of hydrogen-bond donors (Lipinski definition) is 3. The zero-order chi connectivity index (χ0) is 17.8. The van der Waals surface area contributed by atoms with Gasteiger partial charge in [-0.2, -0.15) is 0 Å². The maximum atomic E-state index is 12.0. The largest absolute Gasteiger partial charge is 0.491 e. The summed E-state index contributed by atoms with van der Waals surface area (Å²) in [5, 5.41) is 2.51. The van der Waals surface area contributed by atoms with E-state index in [1.54, 1.807) is 24.3 Å². The summed E-state index contributed by atoms with van der Waals surface area (Å²) >= 11 is 4.94. The summed E-state index contributed by atoms with van der Waals surface area (Å²) in [7, 11) is 0. The van der Waals surface area contributed by atoms with Crippen molar-refractivity contribution in [1.29, 1.82) is 0 Å².